The molecule has 0 aliphatic heterocycles. The maximum absolute atomic E-state index is 10.6. The predicted molar refractivity (Wildman–Crippen MR) is 69.5 cm³/mol. The van der Waals surface area contributed by atoms with Crippen LogP contribution >= 0.6 is 34.5 Å². The lowest BCUT2D eigenvalue weighted by atomic mass is 10.1. The molecule has 0 amide bonds. The van der Waals surface area contributed by atoms with Gasteiger partial charge >= 0.3 is 0 Å². The van der Waals surface area contributed by atoms with E-state index in [9.17, 15) is 4.79 Å². The van der Waals surface area contributed by atoms with Crippen molar-refractivity contribution in [3.05, 3.63) is 32.6 Å². The first-order chi connectivity index (χ1) is 8.15. The van der Waals surface area contributed by atoms with Gasteiger partial charge in [0.15, 0.2) is 11.3 Å². The molecule has 0 N–H and O–H groups in total. The van der Waals surface area contributed by atoms with Crippen LogP contribution in [0.25, 0.3) is 11.3 Å². The van der Waals surface area contributed by atoms with Gasteiger partial charge in [0.1, 0.15) is 5.75 Å². The highest BCUT2D eigenvalue weighted by Crippen LogP contribution is 2.38. The molecule has 1 aromatic carbocycles. The average molecular weight is 288 g/mol. The Kier molecular flexibility index (Phi) is 3.66. The quantitative estimate of drug-likeness (QED) is 0.803. The van der Waals surface area contributed by atoms with Crippen LogP contribution in [0, 0.1) is 0 Å². The summed E-state index contributed by atoms with van der Waals surface area (Å²) in [5.41, 5.74) is 1.30. The molecule has 0 saturated heterocycles. The van der Waals surface area contributed by atoms with E-state index in [-0.39, 0.29) is 0 Å². The molecule has 6 heteroatoms. The van der Waals surface area contributed by atoms with Crippen molar-refractivity contribution < 1.29 is 9.53 Å². The number of hydrogen-bond acceptors (Lipinski definition) is 4. The minimum Gasteiger partial charge on any atom is -0.494 e. The van der Waals surface area contributed by atoms with E-state index in [4.69, 9.17) is 27.9 Å². The van der Waals surface area contributed by atoms with Gasteiger partial charge in [-0.3, -0.25) is 4.79 Å². The molecule has 0 fully saturated rings. The fourth-order valence-electron chi connectivity index (χ4n) is 1.42. The third kappa shape index (κ3) is 2.44. The van der Waals surface area contributed by atoms with E-state index >= 15 is 0 Å². The van der Waals surface area contributed by atoms with Crippen LogP contribution < -0.4 is 4.74 Å². The van der Waals surface area contributed by atoms with Gasteiger partial charge < -0.3 is 4.74 Å². The number of benzene rings is 1. The Morgan fingerprint density at radius 1 is 1.41 bits per heavy atom. The summed E-state index contributed by atoms with van der Waals surface area (Å²) in [5, 5.41) is 3.06. The van der Waals surface area contributed by atoms with Gasteiger partial charge in [-0.2, -0.15) is 0 Å². The molecule has 0 aliphatic rings. The molecule has 3 nitrogen and oxygen atoms in total. The zero-order chi connectivity index (χ0) is 12.4. The van der Waals surface area contributed by atoms with Crippen LogP contribution in [-0.2, 0) is 0 Å². The second-order valence-corrected chi connectivity index (χ2v) is 4.89. The number of hydrogen-bond donors (Lipinski definition) is 0. The molecule has 0 unspecified atom stereocenters. The van der Waals surface area contributed by atoms with Gasteiger partial charge in [-0.15, -0.1) is 11.3 Å². The number of aldehydes is 1. The van der Waals surface area contributed by atoms with Crippen molar-refractivity contribution in [1.29, 1.82) is 0 Å². The number of ether oxygens (including phenoxy) is 1. The van der Waals surface area contributed by atoms with Gasteiger partial charge in [-0.05, 0) is 12.1 Å². The summed E-state index contributed by atoms with van der Waals surface area (Å²) in [6, 6.07) is 3.30. The van der Waals surface area contributed by atoms with Crippen LogP contribution in [0.3, 0.4) is 0 Å². The van der Waals surface area contributed by atoms with E-state index in [1.165, 1.54) is 18.4 Å². The SMILES string of the molecule is COc1c(Cl)cc(Cl)cc1-c1csc(C=O)n1. The van der Waals surface area contributed by atoms with Crippen molar-refractivity contribution in [2.75, 3.05) is 7.11 Å². The Labute approximate surface area is 112 Å². The molecule has 1 heterocycles. The van der Waals surface area contributed by atoms with Crippen molar-refractivity contribution in [3.8, 4) is 17.0 Å². The molecule has 0 atom stereocenters. The molecule has 0 radical (unpaired) electrons. The minimum atomic E-state index is 0.401. The van der Waals surface area contributed by atoms with Gasteiger partial charge in [-0.25, -0.2) is 4.98 Å². The van der Waals surface area contributed by atoms with Crippen LogP contribution in [0.4, 0.5) is 0 Å². The molecule has 1 aromatic heterocycles. The Morgan fingerprint density at radius 2 is 2.18 bits per heavy atom. The summed E-state index contributed by atoms with van der Waals surface area (Å²) in [4.78, 5) is 14.7. The molecule has 0 aliphatic carbocycles. The van der Waals surface area contributed by atoms with Crippen LogP contribution in [-0.4, -0.2) is 18.4 Å². The van der Waals surface area contributed by atoms with E-state index in [1.807, 2.05) is 0 Å². The Morgan fingerprint density at radius 3 is 2.76 bits per heavy atom. The largest absolute Gasteiger partial charge is 0.494 e. The third-order valence-electron chi connectivity index (χ3n) is 2.11. The number of methoxy groups -OCH3 is 1. The summed E-state index contributed by atoms with van der Waals surface area (Å²) < 4.78 is 5.21. The second-order valence-electron chi connectivity index (χ2n) is 3.16. The highest BCUT2D eigenvalue weighted by molar-refractivity contribution is 7.11. The lowest BCUT2D eigenvalue weighted by Crippen LogP contribution is -1.90. The number of rotatable bonds is 3. The molecular formula is C11H7Cl2NO2S. The number of halogens is 2. The van der Waals surface area contributed by atoms with Crippen LogP contribution in [0.1, 0.15) is 9.80 Å². The second kappa shape index (κ2) is 5.04. The first-order valence-electron chi connectivity index (χ1n) is 4.60. The first-order valence-corrected chi connectivity index (χ1v) is 6.23. The molecular weight excluding hydrogens is 281 g/mol. The Balaban J connectivity index is 2.60. The summed E-state index contributed by atoms with van der Waals surface area (Å²) in [5.74, 6) is 0.499. The maximum atomic E-state index is 10.6. The van der Waals surface area contributed by atoms with Gasteiger partial charge in [-0.1, -0.05) is 23.2 Å². The van der Waals surface area contributed by atoms with Crippen molar-refractivity contribution in [2.45, 2.75) is 0 Å². The summed E-state index contributed by atoms with van der Waals surface area (Å²) in [6.07, 6.45) is 0.701. The molecule has 0 bridgehead atoms. The van der Waals surface area contributed by atoms with Crippen molar-refractivity contribution in [2.24, 2.45) is 0 Å². The minimum absolute atomic E-state index is 0.401. The van der Waals surface area contributed by atoms with E-state index in [0.717, 1.165) is 0 Å². The fraction of sp³-hybridized carbons (Fsp3) is 0.0909. The normalized spacial score (nSPS) is 10.3. The topological polar surface area (TPSA) is 39.2 Å². The van der Waals surface area contributed by atoms with E-state index in [1.54, 1.807) is 17.5 Å². The smallest absolute Gasteiger partial charge is 0.178 e. The molecule has 88 valence electrons. The van der Waals surface area contributed by atoms with Crippen LogP contribution in [0.2, 0.25) is 10.0 Å². The number of aromatic nitrogens is 1. The predicted octanol–water partition coefficient (Wildman–Crippen LogP) is 3.94. The molecule has 0 saturated carbocycles. The zero-order valence-corrected chi connectivity index (χ0v) is 11.1. The van der Waals surface area contributed by atoms with Crippen LogP contribution in [0.5, 0.6) is 5.75 Å². The first kappa shape index (κ1) is 12.4. The van der Waals surface area contributed by atoms with Crippen molar-refractivity contribution in [1.82, 2.24) is 4.98 Å². The number of thiazole rings is 1. The molecule has 2 aromatic rings. The summed E-state index contributed by atoms with van der Waals surface area (Å²) in [6.45, 7) is 0. The van der Waals surface area contributed by atoms with Gasteiger partial charge in [0.2, 0.25) is 0 Å². The van der Waals surface area contributed by atoms with E-state index in [2.05, 4.69) is 4.98 Å². The zero-order valence-electron chi connectivity index (χ0n) is 8.74. The standard InChI is InChI=1S/C11H7Cl2NO2S/c1-16-11-7(2-6(12)3-8(11)13)9-5-17-10(4-15)14-9/h2-5H,1H3. The van der Waals surface area contributed by atoms with Gasteiger partial charge in [0.05, 0.1) is 17.8 Å². The Hall–Kier alpha value is -1.10. The van der Waals surface area contributed by atoms with Crippen molar-refractivity contribution in [3.63, 3.8) is 0 Å². The van der Waals surface area contributed by atoms with Gasteiger partial charge in [0, 0.05) is 16.0 Å². The van der Waals surface area contributed by atoms with Crippen molar-refractivity contribution >= 4 is 40.8 Å². The highest BCUT2D eigenvalue weighted by Gasteiger charge is 2.14. The van der Waals surface area contributed by atoms with Crippen LogP contribution in [0.15, 0.2) is 17.5 Å². The highest BCUT2D eigenvalue weighted by atomic mass is 35.5. The number of carbonyl (C=O) groups excluding carboxylic acids is 1. The van der Waals surface area contributed by atoms with E-state index < -0.39 is 0 Å². The summed E-state index contributed by atoms with van der Waals surface area (Å²) >= 11 is 13.2. The Bertz CT molecular complexity index is 569. The number of carbonyl (C=O) groups is 1. The van der Waals surface area contributed by atoms with Gasteiger partial charge in [0.25, 0.3) is 0 Å². The molecule has 17 heavy (non-hydrogen) atoms. The molecule has 0 spiro atoms. The lowest BCUT2D eigenvalue weighted by Gasteiger charge is -2.08. The monoisotopic (exact) mass is 287 g/mol. The number of nitrogens with zero attached hydrogens (tertiary/aromatic N) is 1. The third-order valence-corrected chi connectivity index (χ3v) is 3.38. The fourth-order valence-corrected chi connectivity index (χ4v) is 2.61. The lowest BCUT2D eigenvalue weighted by molar-refractivity contribution is 0.112. The molecule has 2 rings (SSSR count). The average Bonchev–Trinajstić information content (AvgIpc) is 2.76. The maximum Gasteiger partial charge on any atom is 0.178 e. The van der Waals surface area contributed by atoms with E-state index in [0.29, 0.717) is 38.3 Å². The summed E-state index contributed by atoms with van der Waals surface area (Å²) in [7, 11) is 1.52.